The molecule has 18 heavy (non-hydrogen) atoms. The van der Waals surface area contributed by atoms with E-state index in [1.54, 1.807) is 22.8 Å². The highest BCUT2D eigenvalue weighted by molar-refractivity contribution is 7.71. The largest absolute Gasteiger partial charge is 0.389 e. The van der Waals surface area contributed by atoms with Gasteiger partial charge in [0.2, 0.25) is 0 Å². The van der Waals surface area contributed by atoms with Crippen LogP contribution in [0.2, 0.25) is 5.02 Å². The van der Waals surface area contributed by atoms with E-state index in [1.807, 2.05) is 0 Å². The zero-order chi connectivity index (χ0) is 13.3. The maximum Gasteiger partial charge on any atom is 0.389 e. The van der Waals surface area contributed by atoms with Crippen LogP contribution in [0, 0.1) is 4.77 Å². The van der Waals surface area contributed by atoms with Crippen molar-refractivity contribution in [2.45, 2.75) is 25.6 Å². The lowest BCUT2D eigenvalue weighted by atomic mass is 10.3. The minimum atomic E-state index is -4.13. The second-order valence-electron chi connectivity index (χ2n) is 3.96. The van der Waals surface area contributed by atoms with Crippen molar-refractivity contribution in [3.05, 3.63) is 28.0 Å². The first-order valence-corrected chi connectivity index (χ1v) is 6.10. The first kappa shape index (κ1) is 13.4. The van der Waals surface area contributed by atoms with Gasteiger partial charge >= 0.3 is 6.18 Å². The lowest BCUT2D eigenvalue weighted by molar-refractivity contribution is -0.135. The van der Waals surface area contributed by atoms with Crippen LogP contribution in [0.4, 0.5) is 13.2 Å². The van der Waals surface area contributed by atoms with Crippen molar-refractivity contribution in [3.63, 3.8) is 0 Å². The standard InChI is InChI=1S/C11H10ClF3N2S/c12-7-2-3-9-8(6-7)16-10(18)17(9)5-1-4-11(13,14)15/h2-3,6H,1,4-5H2,(H,16,18). The Morgan fingerprint density at radius 3 is 2.72 bits per heavy atom. The molecule has 0 saturated heterocycles. The van der Waals surface area contributed by atoms with Gasteiger partial charge in [0, 0.05) is 18.0 Å². The maximum atomic E-state index is 12.1. The molecule has 2 aromatic rings. The summed E-state index contributed by atoms with van der Waals surface area (Å²) in [7, 11) is 0. The van der Waals surface area contributed by atoms with E-state index in [2.05, 4.69) is 4.98 Å². The molecule has 0 spiro atoms. The summed E-state index contributed by atoms with van der Waals surface area (Å²) in [6.07, 6.45) is -4.93. The number of fused-ring (bicyclic) bond motifs is 1. The first-order valence-electron chi connectivity index (χ1n) is 5.32. The molecule has 0 unspecified atom stereocenters. The average Bonchev–Trinajstić information content (AvgIpc) is 2.52. The molecule has 2 rings (SSSR count). The van der Waals surface area contributed by atoms with Gasteiger partial charge in [0.15, 0.2) is 4.77 Å². The van der Waals surface area contributed by atoms with Crippen LogP contribution in [0.3, 0.4) is 0 Å². The van der Waals surface area contributed by atoms with E-state index in [0.717, 1.165) is 11.0 Å². The van der Waals surface area contributed by atoms with Crippen molar-refractivity contribution in [1.82, 2.24) is 9.55 Å². The zero-order valence-corrected chi connectivity index (χ0v) is 10.8. The molecule has 0 aliphatic heterocycles. The Morgan fingerprint density at radius 2 is 2.06 bits per heavy atom. The number of imidazole rings is 1. The van der Waals surface area contributed by atoms with Crippen LogP contribution < -0.4 is 0 Å². The summed E-state index contributed by atoms with van der Waals surface area (Å²) >= 11 is 10.9. The summed E-state index contributed by atoms with van der Waals surface area (Å²) in [5.74, 6) is 0. The Hall–Kier alpha value is -1.01. The number of hydrogen-bond donors (Lipinski definition) is 1. The van der Waals surface area contributed by atoms with E-state index in [-0.39, 0.29) is 13.0 Å². The van der Waals surface area contributed by atoms with Crippen LogP contribution >= 0.6 is 23.8 Å². The molecule has 0 aliphatic carbocycles. The van der Waals surface area contributed by atoms with Gasteiger partial charge in [-0.2, -0.15) is 13.2 Å². The number of nitrogens with one attached hydrogen (secondary N) is 1. The molecular weight excluding hydrogens is 285 g/mol. The van der Waals surface area contributed by atoms with Crippen molar-refractivity contribution in [2.75, 3.05) is 0 Å². The van der Waals surface area contributed by atoms with Gasteiger partial charge in [-0.15, -0.1) is 0 Å². The third-order valence-electron chi connectivity index (χ3n) is 2.58. The van der Waals surface area contributed by atoms with Crippen LogP contribution in [0.15, 0.2) is 18.2 Å². The summed E-state index contributed by atoms with van der Waals surface area (Å²) in [6, 6.07) is 5.14. The molecular formula is C11H10ClF3N2S. The minimum Gasteiger partial charge on any atom is -0.331 e. The van der Waals surface area contributed by atoms with Gasteiger partial charge in [-0.3, -0.25) is 0 Å². The van der Waals surface area contributed by atoms with Gasteiger partial charge in [-0.25, -0.2) is 0 Å². The molecule has 0 fully saturated rings. The van der Waals surface area contributed by atoms with Gasteiger partial charge in [0.1, 0.15) is 0 Å². The number of rotatable bonds is 3. The fourth-order valence-electron chi connectivity index (χ4n) is 1.80. The van der Waals surface area contributed by atoms with Crippen molar-refractivity contribution in [3.8, 4) is 0 Å². The SMILES string of the molecule is FC(F)(F)CCCn1c(=S)[nH]c2cc(Cl)ccc21. The van der Waals surface area contributed by atoms with Gasteiger partial charge in [-0.1, -0.05) is 11.6 Å². The van der Waals surface area contributed by atoms with E-state index in [4.69, 9.17) is 23.8 Å². The molecule has 0 amide bonds. The predicted molar refractivity (Wildman–Crippen MR) is 67.4 cm³/mol. The second-order valence-corrected chi connectivity index (χ2v) is 4.79. The maximum absolute atomic E-state index is 12.1. The summed E-state index contributed by atoms with van der Waals surface area (Å²) in [6.45, 7) is 0.236. The molecule has 0 bridgehead atoms. The van der Waals surface area contributed by atoms with Crippen LogP contribution in [0.5, 0.6) is 0 Å². The molecule has 1 aromatic heterocycles. The summed E-state index contributed by atoms with van der Waals surface area (Å²) < 4.78 is 38.3. The lowest BCUT2D eigenvalue weighted by Crippen LogP contribution is -2.09. The molecule has 0 saturated carbocycles. The number of hydrogen-bond acceptors (Lipinski definition) is 1. The average molecular weight is 295 g/mol. The highest BCUT2D eigenvalue weighted by Crippen LogP contribution is 2.23. The summed E-state index contributed by atoms with van der Waals surface area (Å²) in [4.78, 5) is 2.93. The molecule has 1 N–H and O–H groups in total. The molecule has 0 radical (unpaired) electrons. The van der Waals surface area contributed by atoms with Gasteiger partial charge < -0.3 is 9.55 Å². The third kappa shape index (κ3) is 3.05. The summed E-state index contributed by atoms with van der Waals surface area (Å²) in [5, 5.41) is 0.557. The highest BCUT2D eigenvalue weighted by Gasteiger charge is 2.26. The number of nitrogens with zero attached hydrogens (tertiary/aromatic N) is 1. The number of aromatic amines is 1. The molecule has 0 atom stereocenters. The molecule has 0 aliphatic rings. The van der Waals surface area contributed by atoms with Crippen molar-refractivity contribution < 1.29 is 13.2 Å². The Balaban J connectivity index is 2.23. The molecule has 2 nitrogen and oxygen atoms in total. The van der Waals surface area contributed by atoms with E-state index < -0.39 is 12.6 Å². The second kappa shape index (κ2) is 4.93. The molecule has 7 heteroatoms. The fourth-order valence-corrected chi connectivity index (χ4v) is 2.27. The number of aryl methyl sites for hydroxylation is 1. The van der Waals surface area contributed by atoms with Gasteiger partial charge in [0.05, 0.1) is 11.0 Å². The number of H-pyrrole nitrogens is 1. The van der Waals surface area contributed by atoms with Crippen LogP contribution in [0.1, 0.15) is 12.8 Å². The monoisotopic (exact) mass is 294 g/mol. The van der Waals surface area contributed by atoms with E-state index >= 15 is 0 Å². The quantitative estimate of drug-likeness (QED) is 0.814. The van der Waals surface area contributed by atoms with Crippen LogP contribution in [-0.2, 0) is 6.54 Å². The topological polar surface area (TPSA) is 20.7 Å². The smallest absolute Gasteiger partial charge is 0.331 e. The van der Waals surface area contributed by atoms with Crippen molar-refractivity contribution in [1.29, 1.82) is 0 Å². The zero-order valence-electron chi connectivity index (χ0n) is 9.22. The number of alkyl halides is 3. The van der Waals surface area contributed by atoms with Crippen LogP contribution in [0.25, 0.3) is 11.0 Å². The van der Waals surface area contributed by atoms with E-state index in [9.17, 15) is 13.2 Å². The predicted octanol–water partition coefficient (Wildman–Crippen LogP) is 4.69. The number of aromatic nitrogens is 2. The van der Waals surface area contributed by atoms with Gasteiger partial charge in [-0.05, 0) is 36.8 Å². The minimum absolute atomic E-state index is 0.00733. The first-order chi connectivity index (χ1) is 8.37. The Bertz CT molecular complexity index is 615. The van der Waals surface area contributed by atoms with Crippen molar-refractivity contribution >= 4 is 34.9 Å². The Morgan fingerprint density at radius 1 is 1.33 bits per heavy atom. The number of benzene rings is 1. The third-order valence-corrected chi connectivity index (χ3v) is 3.14. The number of halogens is 4. The molecule has 1 aromatic carbocycles. The molecule has 1 heterocycles. The molecule has 98 valence electrons. The Kier molecular flexibility index (Phi) is 3.68. The fraction of sp³-hybridized carbons (Fsp3) is 0.364. The van der Waals surface area contributed by atoms with Crippen molar-refractivity contribution in [2.24, 2.45) is 0 Å². The summed E-state index contributed by atoms with van der Waals surface area (Å²) in [5.41, 5.74) is 1.51. The van der Waals surface area contributed by atoms with Gasteiger partial charge in [0.25, 0.3) is 0 Å². The van der Waals surface area contributed by atoms with E-state index in [0.29, 0.717) is 9.79 Å². The Labute approximate surface area is 111 Å². The highest BCUT2D eigenvalue weighted by atomic mass is 35.5. The van der Waals surface area contributed by atoms with E-state index in [1.165, 1.54) is 0 Å². The van der Waals surface area contributed by atoms with Crippen LogP contribution in [-0.4, -0.2) is 15.7 Å². The lowest BCUT2D eigenvalue weighted by Gasteiger charge is -2.07. The normalized spacial score (nSPS) is 12.2.